The first kappa shape index (κ1) is 11.1. The van der Waals surface area contributed by atoms with Gasteiger partial charge in [0.15, 0.2) is 0 Å². The average molecular weight is 234 g/mol. The second-order valence-electron chi connectivity index (χ2n) is 5.22. The minimum Gasteiger partial charge on any atom is -0.339 e. The fourth-order valence-corrected chi connectivity index (χ4v) is 3.58. The second-order valence-corrected chi connectivity index (χ2v) is 5.22. The van der Waals surface area contributed by atoms with E-state index in [-0.39, 0.29) is 0 Å². The van der Waals surface area contributed by atoms with E-state index in [1.54, 1.807) is 0 Å². The van der Waals surface area contributed by atoms with Crippen LogP contribution in [0.15, 0.2) is 12.4 Å². The van der Waals surface area contributed by atoms with E-state index in [4.69, 9.17) is 0 Å². The average Bonchev–Trinajstić information content (AvgIpc) is 3.02. The van der Waals surface area contributed by atoms with Crippen LogP contribution in [0.2, 0.25) is 0 Å². The minimum atomic E-state index is 0.669. The van der Waals surface area contributed by atoms with E-state index in [0.717, 1.165) is 18.4 Å². The number of hydrogen-bond acceptors (Lipinski definition) is 3. The van der Waals surface area contributed by atoms with Crippen LogP contribution in [0.1, 0.15) is 20.3 Å². The first-order valence-corrected chi connectivity index (χ1v) is 6.83. The topological polar surface area (TPSA) is 33.1 Å². The van der Waals surface area contributed by atoms with E-state index in [9.17, 15) is 0 Å². The monoisotopic (exact) mass is 234 g/mol. The summed E-state index contributed by atoms with van der Waals surface area (Å²) in [6, 6.07) is 0.669. The lowest BCUT2D eigenvalue weighted by Gasteiger charge is -2.28. The predicted octanol–water partition coefficient (Wildman–Crippen LogP) is 1.34. The van der Waals surface area contributed by atoms with Crippen molar-refractivity contribution >= 4 is 5.95 Å². The molecule has 0 aromatic carbocycles. The van der Waals surface area contributed by atoms with Crippen LogP contribution in [0, 0.1) is 11.8 Å². The zero-order chi connectivity index (χ0) is 11.8. The van der Waals surface area contributed by atoms with Gasteiger partial charge in [-0.15, -0.1) is 0 Å². The molecule has 0 amide bonds. The molecule has 3 rings (SSSR count). The highest BCUT2D eigenvalue weighted by molar-refractivity contribution is 5.37. The van der Waals surface area contributed by atoms with E-state index >= 15 is 0 Å². The Bertz CT molecular complexity index is 387. The van der Waals surface area contributed by atoms with Gasteiger partial charge in [-0.05, 0) is 25.2 Å². The van der Waals surface area contributed by atoms with E-state index in [1.165, 1.54) is 32.0 Å². The standard InChI is InChI=1S/C13H22N4/c1-3-12-11-8-14-7-10(11)9-17(12)13-15-5-6-16(13)4-2/h5-6,10-12,14H,3-4,7-9H2,1-2H3. The molecule has 3 atom stereocenters. The fourth-order valence-electron chi connectivity index (χ4n) is 3.58. The first-order chi connectivity index (χ1) is 8.35. The maximum absolute atomic E-state index is 4.56. The number of nitrogens with zero attached hydrogens (tertiary/aromatic N) is 3. The summed E-state index contributed by atoms with van der Waals surface area (Å²) in [4.78, 5) is 7.10. The molecule has 1 aromatic rings. The van der Waals surface area contributed by atoms with Crippen LogP contribution < -0.4 is 10.2 Å². The van der Waals surface area contributed by atoms with Gasteiger partial charge >= 0.3 is 0 Å². The summed E-state index contributed by atoms with van der Waals surface area (Å²) in [5.41, 5.74) is 0. The van der Waals surface area contributed by atoms with E-state index in [2.05, 4.69) is 39.8 Å². The molecule has 2 aliphatic rings. The highest BCUT2D eigenvalue weighted by atomic mass is 15.3. The van der Waals surface area contributed by atoms with Crippen LogP contribution in [0.25, 0.3) is 0 Å². The minimum absolute atomic E-state index is 0.669. The quantitative estimate of drug-likeness (QED) is 0.856. The second kappa shape index (κ2) is 4.33. The summed E-state index contributed by atoms with van der Waals surface area (Å²) in [5.74, 6) is 2.82. The van der Waals surface area contributed by atoms with Crippen LogP contribution >= 0.6 is 0 Å². The van der Waals surface area contributed by atoms with Gasteiger partial charge in [-0.2, -0.15) is 0 Å². The van der Waals surface area contributed by atoms with Gasteiger partial charge in [0.2, 0.25) is 5.95 Å². The summed E-state index contributed by atoms with van der Waals surface area (Å²) in [7, 11) is 0. The fraction of sp³-hybridized carbons (Fsp3) is 0.769. The number of anilines is 1. The molecule has 2 aliphatic heterocycles. The molecule has 0 radical (unpaired) electrons. The summed E-state index contributed by atoms with van der Waals surface area (Å²) >= 11 is 0. The Kier molecular flexibility index (Phi) is 2.82. The Morgan fingerprint density at radius 1 is 1.41 bits per heavy atom. The van der Waals surface area contributed by atoms with Crippen molar-refractivity contribution in [2.75, 3.05) is 24.5 Å². The van der Waals surface area contributed by atoms with E-state index < -0.39 is 0 Å². The molecular formula is C13H22N4. The van der Waals surface area contributed by atoms with Crippen LogP contribution in [-0.4, -0.2) is 35.2 Å². The first-order valence-electron chi connectivity index (χ1n) is 6.83. The maximum atomic E-state index is 4.56. The van der Waals surface area contributed by atoms with E-state index in [0.29, 0.717) is 6.04 Å². The summed E-state index contributed by atoms with van der Waals surface area (Å²) in [5, 5.41) is 3.53. The zero-order valence-electron chi connectivity index (χ0n) is 10.8. The molecular weight excluding hydrogens is 212 g/mol. The van der Waals surface area contributed by atoms with Crippen molar-refractivity contribution < 1.29 is 0 Å². The zero-order valence-corrected chi connectivity index (χ0v) is 10.8. The number of aryl methyl sites for hydroxylation is 1. The lowest BCUT2D eigenvalue weighted by Crippen LogP contribution is -2.36. The molecule has 2 saturated heterocycles. The van der Waals surface area contributed by atoms with Crippen molar-refractivity contribution in [3.63, 3.8) is 0 Å². The SMILES string of the molecule is CCC1C2CNCC2CN1c1nccn1CC. The Labute approximate surface area is 103 Å². The van der Waals surface area contributed by atoms with Crippen molar-refractivity contribution in [2.24, 2.45) is 11.8 Å². The third-order valence-corrected chi connectivity index (χ3v) is 4.43. The highest BCUT2D eigenvalue weighted by Crippen LogP contribution is 2.36. The maximum Gasteiger partial charge on any atom is 0.205 e. The van der Waals surface area contributed by atoms with Crippen molar-refractivity contribution in [3.05, 3.63) is 12.4 Å². The molecule has 4 heteroatoms. The molecule has 0 spiro atoms. The van der Waals surface area contributed by atoms with Gasteiger partial charge in [-0.3, -0.25) is 0 Å². The lowest BCUT2D eigenvalue weighted by molar-refractivity contribution is 0.439. The third kappa shape index (κ3) is 1.66. The molecule has 94 valence electrons. The van der Waals surface area contributed by atoms with Crippen molar-refractivity contribution in [2.45, 2.75) is 32.9 Å². The van der Waals surface area contributed by atoms with Gasteiger partial charge < -0.3 is 14.8 Å². The predicted molar refractivity (Wildman–Crippen MR) is 69.2 cm³/mol. The van der Waals surface area contributed by atoms with Crippen molar-refractivity contribution in [3.8, 4) is 0 Å². The van der Waals surface area contributed by atoms with Gasteiger partial charge in [0.1, 0.15) is 0 Å². The molecule has 0 aliphatic carbocycles. The van der Waals surface area contributed by atoms with Gasteiger partial charge in [-0.1, -0.05) is 6.92 Å². The van der Waals surface area contributed by atoms with Gasteiger partial charge in [0, 0.05) is 44.6 Å². The molecule has 0 bridgehead atoms. The number of hydrogen-bond donors (Lipinski definition) is 1. The van der Waals surface area contributed by atoms with Gasteiger partial charge in [-0.25, -0.2) is 4.98 Å². The number of fused-ring (bicyclic) bond motifs is 1. The molecule has 4 nitrogen and oxygen atoms in total. The third-order valence-electron chi connectivity index (χ3n) is 4.43. The van der Waals surface area contributed by atoms with Crippen LogP contribution in [-0.2, 0) is 6.54 Å². The smallest absolute Gasteiger partial charge is 0.205 e. The van der Waals surface area contributed by atoms with Gasteiger partial charge in [0.25, 0.3) is 0 Å². The molecule has 3 unspecified atom stereocenters. The Hall–Kier alpha value is -1.03. The number of rotatable bonds is 3. The molecule has 1 aromatic heterocycles. The van der Waals surface area contributed by atoms with Crippen LogP contribution in [0.3, 0.4) is 0 Å². The van der Waals surface area contributed by atoms with Crippen LogP contribution in [0.5, 0.6) is 0 Å². The molecule has 0 saturated carbocycles. The van der Waals surface area contributed by atoms with Crippen LogP contribution in [0.4, 0.5) is 5.95 Å². The Morgan fingerprint density at radius 3 is 3.06 bits per heavy atom. The molecule has 1 N–H and O–H groups in total. The molecule has 3 heterocycles. The van der Waals surface area contributed by atoms with Crippen molar-refractivity contribution in [1.82, 2.24) is 14.9 Å². The van der Waals surface area contributed by atoms with Crippen molar-refractivity contribution in [1.29, 1.82) is 0 Å². The lowest BCUT2D eigenvalue weighted by atomic mass is 9.93. The summed E-state index contributed by atoms with van der Waals surface area (Å²) in [6.45, 7) is 9.04. The number of aromatic nitrogens is 2. The number of nitrogens with one attached hydrogen (secondary N) is 1. The highest BCUT2D eigenvalue weighted by Gasteiger charge is 2.44. The Morgan fingerprint density at radius 2 is 2.29 bits per heavy atom. The normalized spacial score (nSPS) is 32.1. The van der Waals surface area contributed by atoms with Gasteiger partial charge in [0.05, 0.1) is 0 Å². The summed E-state index contributed by atoms with van der Waals surface area (Å²) in [6.07, 6.45) is 5.24. The Balaban J connectivity index is 1.88. The number of imidazole rings is 1. The van der Waals surface area contributed by atoms with E-state index in [1.807, 2.05) is 6.20 Å². The molecule has 2 fully saturated rings. The summed E-state index contributed by atoms with van der Waals surface area (Å²) < 4.78 is 2.26. The largest absolute Gasteiger partial charge is 0.339 e. The molecule has 17 heavy (non-hydrogen) atoms.